The Morgan fingerprint density at radius 1 is 1.56 bits per heavy atom. The van der Waals surface area contributed by atoms with Crippen LogP contribution in [0.1, 0.15) is 31.4 Å². The van der Waals surface area contributed by atoms with Crippen LogP contribution in [0.5, 0.6) is 5.75 Å². The third-order valence-electron chi connectivity index (χ3n) is 2.22. The standard InChI is InChI=1S/C12H17NO3/c1-2-6-16-10-5-3-4-9(7-10)11(13)8-12(14)15/h3-5,7,11H,2,6,8,13H2,1H3,(H,14,15)/t11-/m1/s1. The van der Waals surface area contributed by atoms with Crippen LogP contribution in [0.2, 0.25) is 0 Å². The number of carboxylic acid groups (broad SMARTS) is 1. The maximum atomic E-state index is 10.5. The summed E-state index contributed by atoms with van der Waals surface area (Å²) in [7, 11) is 0. The molecule has 0 fully saturated rings. The minimum atomic E-state index is -1.08. The summed E-state index contributed by atoms with van der Waals surface area (Å²) in [6.07, 6.45) is 0.869. The van der Waals surface area contributed by atoms with Crippen molar-refractivity contribution < 1.29 is 20.4 Å². The topological polar surface area (TPSA) is 77.0 Å². The van der Waals surface area contributed by atoms with Crippen molar-refractivity contribution in [3.8, 4) is 5.75 Å². The van der Waals surface area contributed by atoms with E-state index in [2.05, 4.69) is 5.73 Å². The highest BCUT2D eigenvalue weighted by Crippen LogP contribution is 2.18. The van der Waals surface area contributed by atoms with Gasteiger partial charge in [-0.2, -0.15) is 0 Å². The quantitative estimate of drug-likeness (QED) is 0.731. The molecular weight excluding hydrogens is 206 g/mol. The van der Waals surface area contributed by atoms with E-state index < -0.39 is 5.97 Å². The Labute approximate surface area is 95.0 Å². The predicted octanol–water partition coefficient (Wildman–Crippen LogP) is -0.102. The van der Waals surface area contributed by atoms with Gasteiger partial charge in [0, 0.05) is 18.0 Å². The van der Waals surface area contributed by atoms with Crippen LogP contribution in [0.25, 0.3) is 0 Å². The molecule has 0 bridgehead atoms. The number of carbonyl (C=O) groups excluding carboxylic acids is 1. The van der Waals surface area contributed by atoms with Crippen LogP contribution in [-0.4, -0.2) is 12.6 Å². The van der Waals surface area contributed by atoms with Gasteiger partial charge in [-0.15, -0.1) is 0 Å². The van der Waals surface area contributed by atoms with Gasteiger partial charge in [-0.3, -0.25) is 0 Å². The smallest absolute Gasteiger partial charge is 0.119 e. The highest BCUT2D eigenvalue weighted by atomic mass is 16.5. The number of ether oxygens (including phenoxy) is 1. The summed E-state index contributed by atoms with van der Waals surface area (Å²) in [6, 6.07) is 7.07. The highest BCUT2D eigenvalue weighted by Gasteiger charge is 2.10. The fourth-order valence-electron chi connectivity index (χ4n) is 1.40. The van der Waals surface area contributed by atoms with E-state index in [-0.39, 0.29) is 12.5 Å². The zero-order chi connectivity index (χ0) is 12.0. The molecule has 0 aliphatic heterocycles. The molecule has 4 heteroatoms. The Morgan fingerprint density at radius 3 is 2.94 bits per heavy atom. The third-order valence-corrected chi connectivity index (χ3v) is 2.22. The minimum absolute atomic E-state index is 0.0722. The SMILES string of the molecule is CCCOc1cccc([C@H]([NH3+])CC(=O)[O-])c1. The number of carbonyl (C=O) groups is 1. The summed E-state index contributed by atoms with van der Waals surface area (Å²) >= 11 is 0. The second-order valence-electron chi connectivity index (χ2n) is 3.69. The molecule has 0 aliphatic rings. The zero-order valence-corrected chi connectivity index (χ0v) is 9.44. The molecule has 0 heterocycles. The molecule has 1 atom stereocenters. The first-order valence-electron chi connectivity index (χ1n) is 5.39. The van der Waals surface area contributed by atoms with Crippen LogP contribution in [0.15, 0.2) is 24.3 Å². The van der Waals surface area contributed by atoms with E-state index in [1.807, 2.05) is 31.2 Å². The van der Waals surface area contributed by atoms with Crippen LogP contribution >= 0.6 is 0 Å². The maximum absolute atomic E-state index is 10.5. The van der Waals surface area contributed by atoms with E-state index in [1.165, 1.54) is 0 Å². The number of quaternary nitrogens is 1. The van der Waals surface area contributed by atoms with E-state index in [0.29, 0.717) is 6.61 Å². The average Bonchev–Trinajstić information content (AvgIpc) is 2.26. The molecule has 0 aliphatic carbocycles. The molecular formula is C12H17NO3. The van der Waals surface area contributed by atoms with Crippen molar-refractivity contribution in [1.82, 2.24) is 0 Å². The summed E-state index contributed by atoms with van der Waals surface area (Å²) in [6.45, 7) is 2.69. The zero-order valence-electron chi connectivity index (χ0n) is 9.44. The van der Waals surface area contributed by atoms with Crippen LogP contribution in [0.4, 0.5) is 0 Å². The van der Waals surface area contributed by atoms with Gasteiger partial charge in [0.1, 0.15) is 11.8 Å². The monoisotopic (exact) mass is 223 g/mol. The molecule has 88 valence electrons. The fourth-order valence-corrected chi connectivity index (χ4v) is 1.40. The second-order valence-corrected chi connectivity index (χ2v) is 3.69. The molecule has 0 spiro atoms. The molecule has 4 nitrogen and oxygen atoms in total. The number of benzene rings is 1. The van der Waals surface area contributed by atoms with Gasteiger partial charge in [-0.25, -0.2) is 0 Å². The van der Waals surface area contributed by atoms with Crippen molar-refractivity contribution in [1.29, 1.82) is 0 Å². The van der Waals surface area contributed by atoms with Crippen LogP contribution in [0.3, 0.4) is 0 Å². The van der Waals surface area contributed by atoms with E-state index in [4.69, 9.17) is 4.74 Å². The van der Waals surface area contributed by atoms with E-state index >= 15 is 0 Å². The van der Waals surface area contributed by atoms with Crippen molar-refractivity contribution >= 4 is 5.97 Å². The lowest BCUT2D eigenvalue weighted by Gasteiger charge is -2.11. The first-order chi connectivity index (χ1) is 7.63. The summed E-state index contributed by atoms with van der Waals surface area (Å²) in [4.78, 5) is 10.5. The van der Waals surface area contributed by atoms with Crippen LogP contribution in [0, 0.1) is 0 Å². The molecule has 0 amide bonds. The Bertz CT molecular complexity index is 352. The van der Waals surface area contributed by atoms with Gasteiger partial charge in [0.25, 0.3) is 0 Å². The van der Waals surface area contributed by atoms with Crippen molar-refractivity contribution in [2.24, 2.45) is 0 Å². The lowest BCUT2D eigenvalue weighted by atomic mass is 10.0. The number of rotatable bonds is 6. The van der Waals surface area contributed by atoms with E-state index in [9.17, 15) is 9.90 Å². The van der Waals surface area contributed by atoms with Crippen molar-refractivity contribution in [2.75, 3.05) is 6.61 Å². The molecule has 0 radical (unpaired) electrons. The van der Waals surface area contributed by atoms with Crippen LogP contribution in [-0.2, 0) is 4.79 Å². The van der Waals surface area contributed by atoms with E-state index in [0.717, 1.165) is 17.7 Å². The van der Waals surface area contributed by atoms with Gasteiger partial charge in [0.15, 0.2) is 0 Å². The van der Waals surface area contributed by atoms with Crippen molar-refractivity contribution in [3.05, 3.63) is 29.8 Å². The number of carboxylic acids is 1. The van der Waals surface area contributed by atoms with Gasteiger partial charge in [-0.1, -0.05) is 19.1 Å². The Kier molecular flexibility index (Phi) is 4.79. The lowest BCUT2D eigenvalue weighted by Crippen LogP contribution is -2.55. The lowest BCUT2D eigenvalue weighted by molar-refractivity contribution is -0.430. The van der Waals surface area contributed by atoms with Crippen LogP contribution < -0.4 is 15.6 Å². The Balaban J connectivity index is 2.69. The third kappa shape index (κ3) is 3.90. The first-order valence-corrected chi connectivity index (χ1v) is 5.39. The normalized spacial score (nSPS) is 12.1. The highest BCUT2D eigenvalue weighted by molar-refractivity contribution is 5.65. The second kappa shape index (κ2) is 6.12. The van der Waals surface area contributed by atoms with E-state index in [1.54, 1.807) is 0 Å². The molecule has 1 rings (SSSR count). The molecule has 1 aromatic rings. The Morgan fingerprint density at radius 2 is 2.31 bits per heavy atom. The molecule has 0 unspecified atom stereocenters. The van der Waals surface area contributed by atoms with Gasteiger partial charge in [0.2, 0.25) is 0 Å². The summed E-state index contributed by atoms with van der Waals surface area (Å²) < 4.78 is 5.46. The predicted molar refractivity (Wildman–Crippen MR) is 57.5 cm³/mol. The maximum Gasteiger partial charge on any atom is 0.119 e. The first kappa shape index (κ1) is 12.5. The summed E-state index contributed by atoms with van der Waals surface area (Å²) in [5.41, 5.74) is 4.65. The largest absolute Gasteiger partial charge is 0.550 e. The summed E-state index contributed by atoms with van der Waals surface area (Å²) in [5.74, 6) is -0.328. The van der Waals surface area contributed by atoms with Gasteiger partial charge < -0.3 is 20.4 Å². The number of hydrogen-bond donors (Lipinski definition) is 1. The van der Waals surface area contributed by atoms with Gasteiger partial charge in [-0.05, 0) is 18.6 Å². The van der Waals surface area contributed by atoms with Crippen molar-refractivity contribution in [3.63, 3.8) is 0 Å². The molecule has 3 N–H and O–H groups in total. The van der Waals surface area contributed by atoms with Gasteiger partial charge in [0.05, 0.1) is 6.61 Å². The molecule has 1 aromatic carbocycles. The molecule has 0 aromatic heterocycles. The summed E-state index contributed by atoms with van der Waals surface area (Å²) in [5, 5.41) is 10.5. The Hall–Kier alpha value is -1.55. The number of hydrogen-bond acceptors (Lipinski definition) is 3. The average molecular weight is 223 g/mol. The minimum Gasteiger partial charge on any atom is -0.550 e. The molecule has 0 saturated carbocycles. The van der Waals surface area contributed by atoms with Crippen molar-refractivity contribution in [2.45, 2.75) is 25.8 Å². The molecule has 16 heavy (non-hydrogen) atoms. The van der Waals surface area contributed by atoms with Gasteiger partial charge >= 0.3 is 0 Å². The number of aliphatic carboxylic acids is 1. The fraction of sp³-hybridized carbons (Fsp3) is 0.417. The molecule has 0 saturated heterocycles.